The van der Waals surface area contributed by atoms with Gasteiger partial charge >= 0.3 is 0 Å². The smallest absolute Gasteiger partial charge is 0.147 e. The highest BCUT2D eigenvalue weighted by Gasteiger charge is 2.11. The van der Waals surface area contributed by atoms with Crippen LogP contribution in [0.2, 0.25) is 10.0 Å². The lowest BCUT2D eigenvalue weighted by Gasteiger charge is -2.18. The van der Waals surface area contributed by atoms with Crippen molar-refractivity contribution in [2.24, 2.45) is 0 Å². The second-order valence-corrected chi connectivity index (χ2v) is 5.05. The van der Waals surface area contributed by atoms with Crippen molar-refractivity contribution >= 4 is 34.8 Å². The highest BCUT2D eigenvalue weighted by molar-refractivity contribution is 6.37. The van der Waals surface area contributed by atoms with Gasteiger partial charge in [0.15, 0.2) is 0 Å². The first-order valence-corrected chi connectivity index (χ1v) is 7.24. The van der Waals surface area contributed by atoms with Crippen LogP contribution in [0.1, 0.15) is 40.0 Å². The molecule has 2 N–H and O–H groups in total. The van der Waals surface area contributed by atoms with Gasteiger partial charge in [-0.1, -0.05) is 44.0 Å². The highest BCUT2D eigenvalue weighted by atomic mass is 35.5. The first kappa shape index (κ1) is 15.4. The Morgan fingerprint density at radius 2 is 1.72 bits per heavy atom. The van der Waals surface area contributed by atoms with Gasteiger partial charge in [-0.25, -0.2) is 4.98 Å². The lowest BCUT2D eigenvalue weighted by Crippen LogP contribution is -2.18. The van der Waals surface area contributed by atoms with Gasteiger partial charge in [-0.15, -0.1) is 0 Å². The summed E-state index contributed by atoms with van der Waals surface area (Å²) >= 11 is 12.3. The van der Waals surface area contributed by atoms with Crippen molar-refractivity contribution in [3.8, 4) is 0 Å². The molecule has 0 spiro atoms. The van der Waals surface area contributed by atoms with Crippen molar-refractivity contribution in [1.29, 1.82) is 0 Å². The average molecular weight is 290 g/mol. The van der Waals surface area contributed by atoms with Crippen LogP contribution in [0.5, 0.6) is 0 Å². The quantitative estimate of drug-likeness (QED) is 0.756. The molecular formula is C13H21Cl2N3. The summed E-state index contributed by atoms with van der Waals surface area (Å²) in [6, 6.07) is 2.12. The molecule has 0 bridgehead atoms. The molecule has 0 fully saturated rings. The molecule has 0 aliphatic rings. The zero-order valence-corrected chi connectivity index (χ0v) is 12.7. The van der Waals surface area contributed by atoms with Gasteiger partial charge in [0.2, 0.25) is 0 Å². The number of pyridine rings is 1. The van der Waals surface area contributed by atoms with Crippen LogP contribution in [0.4, 0.5) is 11.6 Å². The van der Waals surface area contributed by atoms with E-state index in [-0.39, 0.29) is 0 Å². The maximum Gasteiger partial charge on any atom is 0.147 e. The number of hydrogen-bond donors (Lipinski definition) is 2. The van der Waals surface area contributed by atoms with Crippen molar-refractivity contribution in [3.63, 3.8) is 0 Å². The van der Waals surface area contributed by atoms with E-state index in [9.17, 15) is 0 Å². The average Bonchev–Trinajstić information content (AvgIpc) is 2.36. The third-order valence-corrected chi connectivity index (χ3v) is 3.37. The number of rotatable bonds is 7. The minimum absolute atomic E-state index is 0.384. The van der Waals surface area contributed by atoms with Crippen LogP contribution in [0.15, 0.2) is 6.07 Å². The van der Waals surface area contributed by atoms with Crippen molar-refractivity contribution in [1.82, 2.24) is 4.98 Å². The third kappa shape index (κ3) is 4.21. The SMILES string of the molecule is CCCNc1nc(NC(CC)CC)c(Cl)cc1Cl. The molecular weight excluding hydrogens is 269 g/mol. The van der Waals surface area contributed by atoms with Crippen molar-refractivity contribution in [2.45, 2.75) is 46.1 Å². The second-order valence-electron chi connectivity index (χ2n) is 4.23. The van der Waals surface area contributed by atoms with E-state index in [0.29, 0.717) is 27.7 Å². The van der Waals surface area contributed by atoms with Crippen LogP contribution in [0.3, 0.4) is 0 Å². The molecule has 5 heteroatoms. The molecule has 1 aromatic heterocycles. The molecule has 0 aliphatic heterocycles. The summed E-state index contributed by atoms with van der Waals surface area (Å²) in [4.78, 5) is 4.46. The lowest BCUT2D eigenvalue weighted by molar-refractivity contribution is 0.669. The summed E-state index contributed by atoms with van der Waals surface area (Å²) in [5.74, 6) is 1.39. The lowest BCUT2D eigenvalue weighted by atomic mass is 10.2. The minimum Gasteiger partial charge on any atom is -0.369 e. The van der Waals surface area contributed by atoms with Gasteiger partial charge in [-0.3, -0.25) is 0 Å². The van der Waals surface area contributed by atoms with Crippen LogP contribution in [0, 0.1) is 0 Å². The largest absolute Gasteiger partial charge is 0.369 e. The monoisotopic (exact) mass is 289 g/mol. The summed E-state index contributed by atoms with van der Waals surface area (Å²) < 4.78 is 0. The molecule has 1 heterocycles. The fourth-order valence-electron chi connectivity index (χ4n) is 1.62. The van der Waals surface area contributed by atoms with E-state index in [1.807, 2.05) is 0 Å². The molecule has 1 aromatic rings. The van der Waals surface area contributed by atoms with E-state index >= 15 is 0 Å². The second kappa shape index (κ2) is 7.70. The van der Waals surface area contributed by atoms with Crippen LogP contribution in [-0.2, 0) is 0 Å². The summed E-state index contributed by atoms with van der Waals surface area (Å²) in [5, 5.41) is 7.67. The molecule has 0 atom stereocenters. The van der Waals surface area contributed by atoms with Crippen LogP contribution in [0.25, 0.3) is 0 Å². The molecule has 0 saturated carbocycles. The number of aromatic nitrogens is 1. The van der Waals surface area contributed by atoms with Crippen molar-refractivity contribution in [2.75, 3.05) is 17.2 Å². The normalized spacial score (nSPS) is 10.8. The van der Waals surface area contributed by atoms with E-state index in [1.165, 1.54) is 0 Å². The highest BCUT2D eigenvalue weighted by Crippen LogP contribution is 2.30. The maximum absolute atomic E-state index is 6.16. The van der Waals surface area contributed by atoms with E-state index in [1.54, 1.807) is 6.07 Å². The Morgan fingerprint density at radius 1 is 1.11 bits per heavy atom. The van der Waals surface area contributed by atoms with Crippen molar-refractivity contribution < 1.29 is 0 Å². The predicted octanol–water partition coefficient (Wildman–Crippen LogP) is 4.81. The van der Waals surface area contributed by atoms with E-state index in [4.69, 9.17) is 23.2 Å². The number of nitrogens with one attached hydrogen (secondary N) is 2. The zero-order valence-electron chi connectivity index (χ0n) is 11.2. The Morgan fingerprint density at radius 3 is 2.28 bits per heavy atom. The predicted molar refractivity (Wildman–Crippen MR) is 81.0 cm³/mol. The Balaban J connectivity index is 2.89. The molecule has 0 aromatic carbocycles. The van der Waals surface area contributed by atoms with Gasteiger partial charge in [0.05, 0.1) is 10.0 Å². The topological polar surface area (TPSA) is 37.0 Å². The summed E-state index contributed by atoms with van der Waals surface area (Å²) in [5.41, 5.74) is 0. The van der Waals surface area contributed by atoms with Crippen LogP contribution >= 0.6 is 23.2 Å². The zero-order chi connectivity index (χ0) is 13.5. The standard InChI is InChI=1S/C13H21Cl2N3/c1-4-7-16-12-10(14)8-11(15)13(18-12)17-9(5-2)6-3/h8-9H,4-7H2,1-3H3,(H2,16,17,18). The van der Waals surface area contributed by atoms with Gasteiger partial charge in [-0.2, -0.15) is 0 Å². The Hall–Kier alpha value is -0.670. The van der Waals surface area contributed by atoms with E-state index in [0.717, 1.165) is 25.8 Å². The Kier molecular flexibility index (Phi) is 6.58. The van der Waals surface area contributed by atoms with Crippen LogP contribution < -0.4 is 10.6 Å². The molecule has 1 rings (SSSR count). The van der Waals surface area contributed by atoms with Gasteiger partial charge in [0, 0.05) is 12.6 Å². The first-order chi connectivity index (χ1) is 8.62. The van der Waals surface area contributed by atoms with Gasteiger partial charge in [0.25, 0.3) is 0 Å². The molecule has 0 radical (unpaired) electrons. The molecule has 0 aliphatic carbocycles. The fraction of sp³-hybridized carbons (Fsp3) is 0.615. The van der Waals surface area contributed by atoms with E-state index < -0.39 is 0 Å². The molecule has 0 unspecified atom stereocenters. The summed E-state index contributed by atoms with van der Waals surface area (Å²) in [6.45, 7) is 7.22. The Bertz CT molecular complexity index is 379. The number of hydrogen-bond acceptors (Lipinski definition) is 3. The molecule has 102 valence electrons. The minimum atomic E-state index is 0.384. The number of nitrogens with zero attached hydrogens (tertiary/aromatic N) is 1. The molecule has 0 saturated heterocycles. The van der Waals surface area contributed by atoms with Gasteiger partial charge < -0.3 is 10.6 Å². The fourth-order valence-corrected chi connectivity index (χ4v) is 2.10. The Labute approximate surface area is 119 Å². The molecule has 18 heavy (non-hydrogen) atoms. The summed E-state index contributed by atoms with van der Waals surface area (Å²) in [7, 11) is 0. The third-order valence-electron chi connectivity index (χ3n) is 2.80. The van der Waals surface area contributed by atoms with Crippen molar-refractivity contribution in [3.05, 3.63) is 16.1 Å². The van der Waals surface area contributed by atoms with Crippen LogP contribution in [-0.4, -0.2) is 17.6 Å². The first-order valence-electron chi connectivity index (χ1n) is 6.48. The van der Waals surface area contributed by atoms with Gasteiger partial charge in [-0.05, 0) is 25.3 Å². The molecule has 3 nitrogen and oxygen atoms in total. The van der Waals surface area contributed by atoms with Gasteiger partial charge in [0.1, 0.15) is 11.6 Å². The number of anilines is 2. The number of halogens is 2. The maximum atomic E-state index is 6.16. The summed E-state index contributed by atoms with van der Waals surface area (Å²) in [6.07, 6.45) is 3.10. The molecule has 0 amide bonds. The van der Waals surface area contributed by atoms with E-state index in [2.05, 4.69) is 36.4 Å².